The minimum absolute atomic E-state index is 0.0356. The standard InChI is InChI=1S/C24H25NO2/c1-3-24(19-11-7-5-8-12-19,20-13-9-6-10-14-20)23(26)25-21-15-17-22(18-16-21)27-4-2/h5-18H,3-4H2,1-2H3,(H,25,26). The molecule has 0 saturated heterocycles. The summed E-state index contributed by atoms with van der Waals surface area (Å²) in [5.41, 5.74) is 1.98. The summed E-state index contributed by atoms with van der Waals surface area (Å²) in [5, 5.41) is 3.11. The van der Waals surface area contributed by atoms with Crippen LogP contribution in [0.2, 0.25) is 0 Å². The second-order valence-electron chi connectivity index (χ2n) is 6.40. The Hall–Kier alpha value is -3.07. The Bertz CT molecular complexity index is 818. The van der Waals surface area contributed by atoms with Gasteiger partial charge in [0, 0.05) is 5.69 Å². The Morgan fingerprint density at radius 2 is 1.33 bits per heavy atom. The highest BCUT2D eigenvalue weighted by Gasteiger charge is 2.40. The van der Waals surface area contributed by atoms with E-state index >= 15 is 0 Å². The summed E-state index contributed by atoms with van der Waals surface area (Å²) in [5.74, 6) is 0.759. The average molecular weight is 359 g/mol. The molecule has 0 saturated carbocycles. The van der Waals surface area contributed by atoms with Crippen molar-refractivity contribution in [3.05, 3.63) is 96.1 Å². The summed E-state index contributed by atoms with van der Waals surface area (Å²) in [6, 6.07) is 27.4. The molecule has 3 nitrogen and oxygen atoms in total. The van der Waals surface area contributed by atoms with Crippen LogP contribution >= 0.6 is 0 Å². The Morgan fingerprint density at radius 1 is 0.815 bits per heavy atom. The van der Waals surface area contributed by atoms with Gasteiger partial charge in [-0.1, -0.05) is 67.6 Å². The van der Waals surface area contributed by atoms with Crippen molar-refractivity contribution < 1.29 is 9.53 Å². The van der Waals surface area contributed by atoms with E-state index in [1.165, 1.54) is 0 Å². The fourth-order valence-electron chi connectivity index (χ4n) is 3.48. The van der Waals surface area contributed by atoms with Crippen molar-refractivity contribution in [1.29, 1.82) is 0 Å². The zero-order chi connectivity index (χ0) is 19.1. The lowest BCUT2D eigenvalue weighted by molar-refractivity contribution is -0.120. The first-order valence-electron chi connectivity index (χ1n) is 9.36. The Balaban J connectivity index is 1.99. The van der Waals surface area contributed by atoms with Crippen LogP contribution in [0.4, 0.5) is 5.69 Å². The molecule has 3 aromatic carbocycles. The lowest BCUT2D eigenvalue weighted by atomic mass is 9.71. The predicted molar refractivity (Wildman–Crippen MR) is 110 cm³/mol. The molecule has 0 aliphatic carbocycles. The average Bonchev–Trinajstić information content (AvgIpc) is 2.72. The zero-order valence-electron chi connectivity index (χ0n) is 15.8. The van der Waals surface area contributed by atoms with Gasteiger partial charge in [-0.3, -0.25) is 4.79 Å². The Kier molecular flexibility index (Phi) is 5.92. The molecule has 1 amide bonds. The number of nitrogens with one attached hydrogen (secondary N) is 1. The van der Waals surface area contributed by atoms with Crippen molar-refractivity contribution >= 4 is 11.6 Å². The third kappa shape index (κ3) is 3.87. The van der Waals surface area contributed by atoms with E-state index in [0.29, 0.717) is 13.0 Å². The monoisotopic (exact) mass is 359 g/mol. The smallest absolute Gasteiger partial charge is 0.239 e. The summed E-state index contributed by atoms with van der Waals surface area (Å²) >= 11 is 0. The second kappa shape index (κ2) is 8.54. The molecule has 0 heterocycles. The molecule has 138 valence electrons. The van der Waals surface area contributed by atoms with Crippen molar-refractivity contribution in [2.75, 3.05) is 11.9 Å². The molecule has 0 radical (unpaired) electrons. The third-order valence-corrected chi connectivity index (χ3v) is 4.87. The summed E-state index contributed by atoms with van der Waals surface area (Å²) in [4.78, 5) is 13.5. The number of benzene rings is 3. The topological polar surface area (TPSA) is 38.3 Å². The van der Waals surface area contributed by atoms with E-state index in [-0.39, 0.29) is 5.91 Å². The zero-order valence-corrected chi connectivity index (χ0v) is 15.8. The van der Waals surface area contributed by atoms with Gasteiger partial charge in [-0.25, -0.2) is 0 Å². The Labute approximate surface area is 161 Å². The molecule has 3 heteroatoms. The Morgan fingerprint density at radius 3 is 1.78 bits per heavy atom. The molecule has 0 aromatic heterocycles. The molecular formula is C24H25NO2. The molecule has 0 atom stereocenters. The van der Waals surface area contributed by atoms with Crippen LogP contribution in [0.25, 0.3) is 0 Å². The molecule has 3 aromatic rings. The molecule has 0 unspecified atom stereocenters. The van der Waals surface area contributed by atoms with E-state index in [4.69, 9.17) is 4.74 Å². The number of carbonyl (C=O) groups excluding carboxylic acids is 1. The normalized spacial score (nSPS) is 11.0. The largest absolute Gasteiger partial charge is 0.494 e. The van der Waals surface area contributed by atoms with Crippen molar-refractivity contribution in [2.45, 2.75) is 25.7 Å². The van der Waals surface area contributed by atoms with E-state index in [1.54, 1.807) is 0 Å². The quantitative estimate of drug-likeness (QED) is 0.612. The number of hydrogen-bond acceptors (Lipinski definition) is 2. The molecule has 0 aliphatic rings. The summed E-state index contributed by atoms with van der Waals surface area (Å²) in [6.07, 6.45) is 0.657. The molecule has 0 bridgehead atoms. The molecule has 3 rings (SSSR count). The van der Waals surface area contributed by atoms with E-state index < -0.39 is 5.41 Å². The van der Waals surface area contributed by atoms with Crippen LogP contribution in [0, 0.1) is 0 Å². The fraction of sp³-hybridized carbons (Fsp3) is 0.208. The van der Waals surface area contributed by atoms with Crippen molar-refractivity contribution in [3.8, 4) is 5.75 Å². The van der Waals surface area contributed by atoms with Gasteiger partial charge in [-0.2, -0.15) is 0 Å². The summed E-state index contributed by atoms with van der Waals surface area (Å²) in [6.45, 7) is 4.62. The molecule has 0 fully saturated rings. The lowest BCUT2D eigenvalue weighted by Gasteiger charge is -2.32. The molecule has 0 spiro atoms. The maximum absolute atomic E-state index is 13.5. The highest BCUT2D eigenvalue weighted by molar-refractivity contribution is 6.01. The minimum atomic E-state index is -0.749. The molecule has 27 heavy (non-hydrogen) atoms. The maximum atomic E-state index is 13.5. The van der Waals surface area contributed by atoms with Crippen LogP contribution in [-0.4, -0.2) is 12.5 Å². The van der Waals surface area contributed by atoms with Crippen LogP contribution in [0.1, 0.15) is 31.4 Å². The van der Waals surface area contributed by atoms with Crippen LogP contribution in [0.15, 0.2) is 84.9 Å². The van der Waals surface area contributed by atoms with Gasteiger partial charge in [0.05, 0.1) is 12.0 Å². The van der Waals surface area contributed by atoms with Crippen molar-refractivity contribution in [3.63, 3.8) is 0 Å². The van der Waals surface area contributed by atoms with Crippen molar-refractivity contribution in [1.82, 2.24) is 0 Å². The van der Waals surface area contributed by atoms with E-state index in [0.717, 1.165) is 22.6 Å². The minimum Gasteiger partial charge on any atom is -0.494 e. The number of amides is 1. The maximum Gasteiger partial charge on any atom is 0.239 e. The molecular weight excluding hydrogens is 334 g/mol. The second-order valence-corrected chi connectivity index (χ2v) is 6.40. The van der Waals surface area contributed by atoms with Gasteiger partial charge in [-0.15, -0.1) is 0 Å². The summed E-state index contributed by atoms with van der Waals surface area (Å²) in [7, 11) is 0. The van der Waals surface area contributed by atoms with Gasteiger partial charge in [0.25, 0.3) is 0 Å². The fourth-order valence-corrected chi connectivity index (χ4v) is 3.48. The first-order chi connectivity index (χ1) is 13.2. The van der Waals surface area contributed by atoms with Gasteiger partial charge in [0.1, 0.15) is 5.75 Å². The number of rotatable bonds is 7. The number of hydrogen-bond donors (Lipinski definition) is 1. The lowest BCUT2D eigenvalue weighted by Crippen LogP contribution is -2.41. The van der Waals surface area contributed by atoms with Crippen LogP contribution in [-0.2, 0) is 10.2 Å². The van der Waals surface area contributed by atoms with Crippen LogP contribution in [0.5, 0.6) is 5.75 Å². The molecule has 0 aliphatic heterocycles. The van der Waals surface area contributed by atoms with Gasteiger partial charge >= 0.3 is 0 Å². The number of ether oxygens (including phenoxy) is 1. The predicted octanol–water partition coefficient (Wildman–Crippen LogP) is 5.42. The SMILES string of the molecule is CCOc1ccc(NC(=O)C(CC)(c2ccccc2)c2ccccc2)cc1. The highest BCUT2D eigenvalue weighted by atomic mass is 16.5. The van der Waals surface area contributed by atoms with Gasteiger partial charge in [0.15, 0.2) is 0 Å². The van der Waals surface area contributed by atoms with Gasteiger partial charge in [-0.05, 0) is 48.7 Å². The van der Waals surface area contributed by atoms with E-state index in [2.05, 4.69) is 12.2 Å². The van der Waals surface area contributed by atoms with Gasteiger partial charge in [0.2, 0.25) is 5.91 Å². The number of carbonyl (C=O) groups is 1. The summed E-state index contributed by atoms with van der Waals surface area (Å²) < 4.78 is 5.48. The van der Waals surface area contributed by atoms with Crippen LogP contribution in [0.3, 0.4) is 0 Å². The van der Waals surface area contributed by atoms with Crippen LogP contribution < -0.4 is 10.1 Å². The van der Waals surface area contributed by atoms with Gasteiger partial charge < -0.3 is 10.1 Å². The molecule has 1 N–H and O–H groups in total. The highest BCUT2D eigenvalue weighted by Crippen LogP contribution is 2.37. The number of anilines is 1. The first kappa shape index (κ1) is 18.7. The van der Waals surface area contributed by atoms with E-state index in [1.807, 2.05) is 91.9 Å². The van der Waals surface area contributed by atoms with E-state index in [9.17, 15) is 4.79 Å². The third-order valence-electron chi connectivity index (χ3n) is 4.87. The first-order valence-corrected chi connectivity index (χ1v) is 9.36. The van der Waals surface area contributed by atoms with Crippen molar-refractivity contribution in [2.24, 2.45) is 0 Å².